The van der Waals surface area contributed by atoms with E-state index in [4.69, 9.17) is 4.74 Å². The van der Waals surface area contributed by atoms with Crippen LogP contribution in [0.4, 0.5) is 11.4 Å². The highest BCUT2D eigenvalue weighted by Gasteiger charge is 2.27. The van der Waals surface area contributed by atoms with Gasteiger partial charge in [-0.15, -0.1) is 0 Å². The molecule has 0 unspecified atom stereocenters. The van der Waals surface area contributed by atoms with Gasteiger partial charge in [-0.1, -0.05) is 42.8 Å². The van der Waals surface area contributed by atoms with E-state index in [9.17, 15) is 13.2 Å². The van der Waals surface area contributed by atoms with E-state index in [1.165, 1.54) is 0 Å². The van der Waals surface area contributed by atoms with Crippen LogP contribution in [0.5, 0.6) is 5.75 Å². The summed E-state index contributed by atoms with van der Waals surface area (Å²) in [7, 11) is -3.98. The van der Waals surface area contributed by atoms with Crippen molar-refractivity contribution >= 4 is 27.3 Å². The van der Waals surface area contributed by atoms with Gasteiger partial charge < -0.3 is 10.1 Å². The lowest BCUT2D eigenvalue weighted by atomic mass is 10.1. The molecule has 1 N–H and O–H groups in total. The topological polar surface area (TPSA) is 75.7 Å². The van der Waals surface area contributed by atoms with Crippen molar-refractivity contribution in [1.82, 2.24) is 0 Å². The van der Waals surface area contributed by atoms with Crippen LogP contribution in [0, 0.1) is 13.8 Å². The SMILES string of the molecule is CCOc1ccc(N(CC(=O)Nc2c(C)cccc2CC)S(=O)(=O)c2ccc(C)cc2)cc1. The molecule has 0 aliphatic carbocycles. The van der Waals surface area contributed by atoms with Crippen molar-refractivity contribution in [3.8, 4) is 5.75 Å². The number of para-hydroxylation sites is 1. The molecule has 0 radical (unpaired) electrons. The summed E-state index contributed by atoms with van der Waals surface area (Å²) in [6.45, 7) is 7.84. The molecule has 0 saturated carbocycles. The number of nitrogens with zero attached hydrogens (tertiary/aromatic N) is 1. The number of amides is 1. The van der Waals surface area contributed by atoms with Crippen molar-refractivity contribution in [3.05, 3.63) is 83.4 Å². The average molecular weight is 467 g/mol. The minimum atomic E-state index is -3.98. The van der Waals surface area contributed by atoms with Crippen LogP contribution in [0.3, 0.4) is 0 Å². The Morgan fingerprint density at radius 1 is 0.939 bits per heavy atom. The Bertz CT molecular complexity index is 1200. The van der Waals surface area contributed by atoms with E-state index in [1.54, 1.807) is 48.5 Å². The molecule has 6 nitrogen and oxygen atoms in total. The molecule has 7 heteroatoms. The van der Waals surface area contributed by atoms with Gasteiger partial charge >= 0.3 is 0 Å². The second-order valence-corrected chi connectivity index (χ2v) is 9.62. The lowest BCUT2D eigenvalue weighted by Gasteiger charge is -2.25. The fraction of sp³-hybridized carbons (Fsp3) is 0.269. The molecule has 3 rings (SSSR count). The van der Waals surface area contributed by atoms with Gasteiger partial charge in [0.05, 0.1) is 17.2 Å². The molecule has 3 aromatic rings. The summed E-state index contributed by atoms with van der Waals surface area (Å²) in [6, 6.07) is 19.1. The molecule has 0 saturated heterocycles. The Balaban J connectivity index is 1.96. The number of hydrogen-bond acceptors (Lipinski definition) is 4. The predicted molar refractivity (Wildman–Crippen MR) is 133 cm³/mol. The van der Waals surface area contributed by atoms with Crippen molar-refractivity contribution in [2.75, 3.05) is 22.8 Å². The third kappa shape index (κ3) is 5.73. The summed E-state index contributed by atoms with van der Waals surface area (Å²) in [5, 5.41) is 2.92. The minimum absolute atomic E-state index is 0.125. The zero-order valence-electron chi connectivity index (χ0n) is 19.5. The van der Waals surface area contributed by atoms with Crippen LogP contribution < -0.4 is 14.4 Å². The second kappa shape index (κ2) is 10.5. The van der Waals surface area contributed by atoms with Crippen LogP contribution in [0.2, 0.25) is 0 Å². The molecule has 0 atom stereocenters. The Labute approximate surface area is 196 Å². The van der Waals surface area contributed by atoms with Crippen LogP contribution in [-0.2, 0) is 21.2 Å². The smallest absolute Gasteiger partial charge is 0.264 e. The number of sulfonamides is 1. The van der Waals surface area contributed by atoms with Gasteiger partial charge in [-0.25, -0.2) is 8.42 Å². The fourth-order valence-corrected chi connectivity index (χ4v) is 4.96. The van der Waals surface area contributed by atoms with Crippen LogP contribution in [0.1, 0.15) is 30.5 Å². The maximum Gasteiger partial charge on any atom is 0.264 e. The molecule has 33 heavy (non-hydrogen) atoms. The van der Waals surface area contributed by atoms with Crippen molar-refractivity contribution in [2.45, 2.75) is 39.0 Å². The maximum atomic E-state index is 13.5. The first-order valence-electron chi connectivity index (χ1n) is 11.0. The van der Waals surface area contributed by atoms with Crippen molar-refractivity contribution in [2.24, 2.45) is 0 Å². The standard InChI is InChI=1S/C26H30N2O4S/c1-5-21-9-7-8-20(4)26(21)27-25(29)18-28(22-12-14-23(15-13-22)32-6-2)33(30,31)24-16-10-19(3)11-17-24/h7-17H,5-6,18H2,1-4H3,(H,27,29). The lowest BCUT2D eigenvalue weighted by molar-refractivity contribution is -0.114. The summed E-state index contributed by atoms with van der Waals surface area (Å²) in [5.74, 6) is 0.217. The van der Waals surface area contributed by atoms with Gasteiger partial charge in [0.15, 0.2) is 0 Å². The van der Waals surface area contributed by atoms with Crippen LogP contribution in [-0.4, -0.2) is 27.5 Å². The number of carbonyl (C=O) groups excluding carboxylic acids is 1. The van der Waals surface area contributed by atoms with Crippen LogP contribution in [0.25, 0.3) is 0 Å². The Morgan fingerprint density at radius 2 is 1.61 bits per heavy atom. The Morgan fingerprint density at radius 3 is 2.21 bits per heavy atom. The molecule has 0 aliphatic rings. The van der Waals surface area contributed by atoms with E-state index in [1.807, 2.05) is 45.9 Å². The summed E-state index contributed by atoms with van der Waals surface area (Å²) >= 11 is 0. The molecule has 0 heterocycles. The number of anilines is 2. The number of hydrogen-bond donors (Lipinski definition) is 1. The molecule has 0 aliphatic heterocycles. The van der Waals surface area contributed by atoms with Crippen LogP contribution in [0.15, 0.2) is 71.6 Å². The maximum absolute atomic E-state index is 13.5. The van der Waals surface area contributed by atoms with Crippen molar-refractivity contribution in [1.29, 1.82) is 0 Å². The third-order valence-corrected chi connectivity index (χ3v) is 7.12. The van der Waals surface area contributed by atoms with Gasteiger partial charge in [-0.05, 0) is 74.7 Å². The zero-order valence-corrected chi connectivity index (χ0v) is 20.3. The second-order valence-electron chi connectivity index (χ2n) is 7.76. The normalized spacial score (nSPS) is 11.2. The number of rotatable bonds is 9. The van der Waals surface area contributed by atoms with E-state index in [2.05, 4.69) is 5.32 Å². The zero-order chi connectivity index (χ0) is 24.0. The van der Waals surface area contributed by atoms with Gasteiger partial charge in [0.2, 0.25) is 5.91 Å². The van der Waals surface area contributed by atoms with Gasteiger partial charge in [0, 0.05) is 5.69 Å². The first kappa shape index (κ1) is 24.3. The van der Waals surface area contributed by atoms with Crippen LogP contribution >= 0.6 is 0 Å². The Hall–Kier alpha value is -3.32. The monoisotopic (exact) mass is 466 g/mol. The first-order valence-corrected chi connectivity index (χ1v) is 12.4. The number of nitrogens with one attached hydrogen (secondary N) is 1. The average Bonchev–Trinajstić information content (AvgIpc) is 2.80. The molecule has 0 aromatic heterocycles. The molecule has 0 fully saturated rings. The van der Waals surface area contributed by atoms with E-state index in [0.29, 0.717) is 18.0 Å². The number of benzene rings is 3. The minimum Gasteiger partial charge on any atom is -0.494 e. The van der Waals surface area contributed by atoms with E-state index >= 15 is 0 Å². The first-order chi connectivity index (χ1) is 15.8. The third-order valence-electron chi connectivity index (χ3n) is 5.34. The molecule has 174 valence electrons. The summed E-state index contributed by atoms with van der Waals surface area (Å²) in [4.78, 5) is 13.2. The van der Waals surface area contributed by atoms with E-state index in [-0.39, 0.29) is 11.4 Å². The van der Waals surface area contributed by atoms with E-state index < -0.39 is 15.9 Å². The highest BCUT2D eigenvalue weighted by atomic mass is 32.2. The van der Waals surface area contributed by atoms with Gasteiger partial charge in [0.1, 0.15) is 12.3 Å². The predicted octanol–water partition coefficient (Wildman–Crippen LogP) is 5.10. The van der Waals surface area contributed by atoms with Crippen molar-refractivity contribution < 1.29 is 17.9 Å². The molecule has 3 aromatic carbocycles. The number of ether oxygens (including phenoxy) is 1. The summed E-state index contributed by atoms with van der Waals surface area (Å²) in [5.41, 5.74) is 3.99. The quantitative estimate of drug-likeness (QED) is 0.476. The highest BCUT2D eigenvalue weighted by molar-refractivity contribution is 7.92. The molecular weight excluding hydrogens is 436 g/mol. The van der Waals surface area contributed by atoms with Gasteiger partial charge in [-0.3, -0.25) is 9.10 Å². The van der Waals surface area contributed by atoms with Gasteiger partial charge in [0.25, 0.3) is 10.0 Å². The Kier molecular flexibility index (Phi) is 7.76. The highest BCUT2D eigenvalue weighted by Crippen LogP contribution is 2.27. The molecule has 0 bridgehead atoms. The summed E-state index contributed by atoms with van der Waals surface area (Å²) in [6.07, 6.45) is 0.752. The van der Waals surface area contributed by atoms with Gasteiger partial charge in [-0.2, -0.15) is 0 Å². The number of carbonyl (C=O) groups is 1. The fourth-order valence-electron chi connectivity index (χ4n) is 3.54. The molecule has 0 spiro atoms. The summed E-state index contributed by atoms with van der Waals surface area (Å²) < 4.78 is 33.7. The van der Waals surface area contributed by atoms with Crippen molar-refractivity contribution in [3.63, 3.8) is 0 Å². The largest absolute Gasteiger partial charge is 0.494 e. The lowest BCUT2D eigenvalue weighted by Crippen LogP contribution is -2.38. The molecular formula is C26H30N2O4S. The number of aryl methyl sites for hydroxylation is 3. The van der Waals surface area contributed by atoms with E-state index in [0.717, 1.165) is 33.1 Å². The molecule has 1 amide bonds.